The van der Waals surface area contributed by atoms with E-state index in [-0.39, 0.29) is 53.7 Å². The average Bonchev–Trinajstić information content (AvgIpc) is 3.47. The molecule has 0 spiro atoms. The van der Waals surface area contributed by atoms with Crippen molar-refractivity contribution in [3.05, 3.63) is 75.7 Å². The lowest BCUT2D eigenvalue weighted by atomic mass is 10.0. The van der Waals surface area contributed by atoms with Crippen LogP contribution in [0.2, 0.25) is 0 Å². The number of hydrogen-bond donors (Lipinski definition) is 4. The highest BCUT2D eigenvalue weighted by Gasteiger charge is 2.41. The van der Waals surface area contributed by atoms with E-state index in [1.165, 1.54) is 11.1 Å². The van der Waals surface area contributed by atoms with Crippen molar-refractivity contribution < 1.29 is 28.2 Å². The Morgan fingerprint density at radius 3 is 2.48 bits per heavy atom. The van der Waals surface area contributed by atoms with Crippen molar-refractivity contribution in [1.82, 2.24) is 24.8 Å². The van der Waals surface area contributed by atoms with Gasteiger partial charge in [0.1, 0.15) is 41.5 Å². The standard InChI is InChI=1S/C29H28F2N6O5/c1-36-6-3-17(4-7-36)37-28(40)20-11-23-24(12-21(20)29(37)41)35-26(34-23)25-22(2-5-32-27(25)39)33-13-18(38)14-42-19-9-15(30)8-16(31)10-19/h2,5,8-12,17-18,38H,3-4,6-7,13-14H2,1H3,(H,34,35)(H2,32,33,39). The smallest absolute Gasteiger partial charge is 0.261 e. The van der Waals surface area contributed by atoms with E-state index in [2.05, 4.69) is 25.2 Å². The van der Waals surface area contributed by atoms with E-state index in [1.807, 2.05) is 7.05 Å². The quantitative estimate of drug-likeness (QED) is 0.234. The van der Waals surface area contributed by atoms with Crippen LogP contribution >= 0.6 is 0 Å². The fourth-order valence-corrected chi connectivity index (χ4v) is 5.42. The number of rotatable bonds is 8. The van der Waals surface area contributed by atoms with Gasteiger partial charge in [0, 0.05) is 37.0 Å². The number of aromatic amines is 2. The molecule has 1 fully saturated rings. The largest absolute Gasteiger partial charge is 0.491 e. The highest BCUT2D eigenvalue weighted by molar-refractivity contribution is 6.23. The second-order valence-corrected chi connectivity index (χ2v) is 10.6. The van der Waals surface area contributed by atoms with Crippen molar-refractivity contribution in [2.24, 2.45) is 0 Å². The SMILES string of the molecule is CN1CCC(N2C(=O)c3cc4nc(-c5c(NCC(O)COc6cc(F)cc(F)c6)cc[nH]c5=O)[nH]c4cc3C2=O)CC1. The number of benzene rings is 2. The number of nitrogens with zero attached hydrogens (tertiary/aromatic N) is 3. The van der Waals surface area contributed by atoms with Gasteiger partial charge in [0.2, 0.25) is 0 Å². The summed E-state index contributed by atoms with van der Waals surface area (Å²) in [4.78, 5) is 53.1. The Kier molecular flexibility index (Phi) is 7.21. The van der Waals surface area contributed by atoms with E-state index in [1.54, 1.807) is 18.2 Å². The van der Waals surface area contributed by atoms with Crippen LogP contribution in [-0.2, 0) is 0 Å². The molecule has 0 aliphatic carbocycles. The average molecular weight is 579 g/mol. The van der Waals surface area contributed by atoms with Crippen molar-refractivity contribution in [2.45, 2.75) is 25.0 Å². The van der Waals surface area contributed by atoms with Gasteiger partial charge in [-0.3, -0.25) is 19.3 Å². The molecule has 4 N–H and O–H groups in total. The number of carbonyl (C=O) groups is 2. The lowest BCUT2D eigenvalue weighted by Gasteiger charge is -2.33. The molecule has 1 saturated heterocycles. The molecule has 2 aliphatic rings. The van der Waals surface area contributed by atoms with Gasteiger partial charge in [-0.05, 0) is 51.2 Å². The first-order chi connectivity index (χ1) is 20.2. The van der Waals surface area contributed by atoms with Crippen LogP contribution in [0.25, 0.3) is 22.4 Å². The molecule has 6 rings (SSSR count). The van der Waals surface area contributed by atoms with Crippen LogP contribution in [0.3, 0.4) is 0 Å². The molecule has 2 aliphatic heterocycles. The molecular weight excluding hydrogens is 550 g/mol. The number of imide groups is 1. The van der Waals surface area contributed by atoms with Crippen LogP contribution in [0.15, 0.2) is 47.4 Å². The fourth-order valence-electron chi connectivity index (χ4n) is 5.42. The van der Waals surface area contributed by atoms with Crippen molar-refractivity contribution in [3.63, 3.8) is 0 Å². The number of anilines is 1. The number of likely N-dealkylation sites (tertiary alicyclic amines) is 1. The monoisotopic (exact) mass is 578 g/mol. The third-order valence-electron chi connectivity index (χ3n) is 7.58. The molecule has 0 saturated carbocycles. The highest BCUT2D eigenvalue weighted by atomic mass is 19.1. The molecule has 2 amide bonds. The summed E-state index contributed by atoms with van der Waals surface area (Å²) in [5.41, 5.74) is 1.52. The minimum Gasteiger partial charge on any atom is -0.491 e. The summed E-state index contributed by atoms with van der Waals surface area (Å²) in [6, 6.07) is 7.32. The maximum Gasteiger partial charge on any atom is 0.261 e. The number of carbonyl (C=O) groups excluding carboxylic acids is 2. The number of fused-ring (bicyclic) bond motifs is 2. The van der Waals surface area contributed by atoms with Crippen LogP contribution in [0, 0.1) is 11.6 Å². The number of aliphatic hydroxyl groups excluding tert-OH is 1. The summed E-state index contributed by atoms with van der Waals surface area (Å²) in [7, 11) is 2.01. The second kappa shape index (κ2) is 11.0. The Hall–Kier alpha value is -4.62. The van der Waals surface area contributed by atoms with Crippen molar-refractivity contribution in [3.8, 4) is 17.1 Å². The first-order valence-corrected chi connectivity index (χ1v) is 13.5. The number of aliphatic hydroxyl groups is 1. The lowest BCUT2D eigenvalue weighted by molar-refractivity contribution is 0.0516. The van der Waals surface area contributed by atoms with Crippen LogP contribution in [0.1, 0.15) is 33.6 Å². The molecule has 0 radical (unpaired) electrons. The topological polar surface area (TPSA) is 144 Å². The van der Waals surface area contributed by atoms with Crippen LogP contribution in [0.4, 0.5) is 14.5 Å². The van der Waals surface area contributed by atoms with Crippen molar-refractivity contribution in [1.29, 1.82) is 0 Å². The van der Waals surface area contributed by atoms with Gasteiger partial charge in [-0.15, -0.1) is 0 Å². The zero-order valence-corrected chi connectivity index (χ0v) is 22.6. The maximum absolute atomic E-state index is 13.4. The summed E-state index contributed by atoms with van der Waals surface area (Å²) in [6.07, 6.45) is 1.78. The number of amides is 2. The molecule has 4 aromatic rings. The molecule has 4 heterocycles. The van der Waals surface area contributed by atoms with Gasteiger partial charge in [0.05, 0.1) is 27.8 Å². The fraction of sp³-hybridized carbons (Fsp3) is 0.310. The first kappa shape index (κ1) is 27.5. The van der Waals surface area contributed by atoms with Crippen LogP contribution in [0.5, 0.6) is 5.75 Å². The number of halogens is 2. The van der Waals surface area contributed by atoms with E-state index >= 15 is 0 Å². The molecule has 1 atom stereocenters. The van der Waals surface area contributed by atoms with E-state index in [4.69, 9.17) is 4.74 Å². The Morgan fingerprint density at radius 2 is 1.76 bits per heavy atom. The number of ether oxygens (including phenoxy) is 1. The normalized spacial score (nSPS) is 16.7. The minimum absolute atomic E-state index is 0.0570. The number of pyridine rings is 1. The molecule has 2 aromatic carbocycles. The number of H-pyrrole nitrogens is 2. The van der Waals surface area contributed by atoms with Gasteiger partial charge in [0.25, 0.3) is 17.4 Å². The van der Waals surface area contributed by atoms with Crippen LogP contribution < -0.4 is 15.6 Å². The molecular formula is C29H28F2N6O5. The number of hydrogen-bond acceptors (Lipinski definition) is 8. The first-order valence-electron chi connectivity index (χ1n) is 13.5. The summed E-state index contributed by atoms with van der Waals surface area (Å²) >= 11 is 0. The summed E-state index contributed by atoms with van der Waals surface area (Å²) in [6.45, 7) is 1.30. The van der Waals surface area contributed by atoms with Gasteiger partial charge >= 0.3 is 0 Å². The van der Waals surface area contributed by atoms with Crippen LogP contribution in [-0.4, -0.2) is 87.1 Å². The van der Waals surface area contributed by atoms with Gasteiger partial charge in [0.15, 0.2) is 0 Å². The molecule has 218 valence electrons. The van der Waals surface area contributed by atoms with E-state index in [0.29, 0.717) is 28.4 Å². The summed E-state index contributed by atoms with van der Waals surface area (Å²) < 4.78 is 32.0. The van der Waals surface area contributed by atoms with Gasteiger partial charge in [-0.25, -0.2) is 13.8 Å². The number of imidazole rings is 1. The third kappa shape index (κ3) is 5.23. The van der Waals surface area contributed by atoms with Crippen molar-refractivity contribution in [2.75, 3.05) is 38.6 Å². The van der Waals surface area contributed by atoms with E-state index < -0.39 is 23.3 Å². The number of aromatic nitrogens is 3. The maximum atomic E-state index is 13.4. The second-order valence-electron chi connectivity index (χ2n) is 10.6. The highest BCUT2D eigenvalue weighted by Crippen LogP contribution is 2.32. The third-order valence-corrected chi connectivity index (χ3v) is 7.58. The number of piperidine rings is 1. The molecule has 0 bridgehead atoms. The summed E-state index contributed by atoms with van der Waals surface area (Å²) in [5.74, 6) is -2.14. The minimum atomic E-state index is -1.09. The Bertz CT molecular complexity index is 1670. The lowest BCUT2D eigenvalue weighted by Crippen LogP contribution is -2.46. The van der Waals surface area contributed by atoms with E-state index in [0.717, 1.165) is 38.1 Å². The Balaban J connectivity index is 1.20. The molecule has 1 unspecified atom stereocenters. The predicted molar refractivity (Wildman–Crippen MR) is 150 cm³/mol. The summed E-state index contributed by atoms with van der Waals surface area (Å²) in [5, 5.41) is 13.4. The molecule has 2 aromatic heterocycles. The zero-order valence-electron chi connectivity index (χ0n) is 22.6. The Morgan fingerprint density at radius 1 is 1.07 bits per heavy atom. The molecule has 13 heteroatoms. The number of nitrogens with one attached hydrogen (secondary N) is 3. The zero-order chi connectivity index (χ0) is 29.5. The van der Waals surface area contributed by atoms with Crippen molar-refractivity contribution >= 4 is 28.5 Å². The van der Waals surface area contributed by atoms with E-state index in [9.17, 15) is 28.3 Å². The van der Waals surface area contributed by atoms with Gasteiger partial charge in [-0.1, -0.05) is 0 Å². The Labute approximate surface area is 238 Å². The predicted octanol–water partition coefficient (Wildman–Crippen LogP) is 2.74. The van der Waals surface area contributed by atoms with Gasteiger partial charge < -0.3 is 30.0 Å². The molecule has 42 heavy (non-hydrogen) atoms. The molecule has 11 nitrogen and oxygen atoms in total. The van der Waals surface area contributed by atoms with Gasteiger partial charge in [-0.2, -0.15) is 0 Å².